The van der Waals surface area contributed by atoms with Crippen LogP contribution >= 0.6 is 0 Å². The van der Waals surface area contributed by atoms with Crippen LogP contribution in [0, 0.1) is 29.6 Å². The van der Waals surface area contributed by atoms with E-state index in [1.807, 2.05) is 0 Å². The monoisotopic (exact) mass is 437 g/mol. The minimum atomic E-state index is -0.316. The third-order valence-electron chi connectivity index (χ3n) is 7.94. The first-order valence-electron chi connectivity index (χ1n) is 12.3. The van der Waals surface area contributed by atoms with Crippen molar-refractivity contribution in [2.24, 2.45) is 17.8 Å². The Kier molecular flexibility index (Phi) is 6.15. The van der Waals surface area contributed by atoms with Crippen molar-refractivity contribution in [2.75, 3.05) is 32.8 Å². The van der Waals surface area contributed by atoms with Crippen molar-refractivity contribution >= 4 is 12.6 Å². The van der Waals surface area contributed by atoms with E-state index in [4.69, 9.17) is 18.8 Å². The summed E-state index contributed by atoms with van der Waals surface area (Å²) in [4.78, 5) is 2.52. The zero-order chi connectivity index (χ0) is 22.3. The van der Waals surface area contributed by atoms with Crippen molar-refractivity contribution in [3.8, 4) is 11.8 Å². The van der Waals surface area contributed by atoms with Gasteiger partial charge in [0.15, 0.2) is 6.29 Å². The lowest BCUT2D eigenvalue weighted by atomic mass is 9.79. The van der Waals surface area contributed by atoms with E-state index in [0.717, 1.165) is 62.1 Å². The van der Waals surface area contributed by atoms with E-state index < -0.39 is 0 Å². The predicted molar refractivity (Wildman–Crippen MR) is 125 cm³/mol. The van der Waals surface area contributed by atoms with Crippen molar-refractivity contribution in [2.45, 2.75) is 64.4 Å². The number of likely N-dealkylation sites (tertiary alicyclic amines) is 1. The summed E-state index contributed by atoms with van der Waals surface area (Å²) in [7, 11) is -0.315. The molecule has 5 nitrogen and oxygen atoms in total. The molecule has 0 amide bonds. The van der Waals surface area contributed by atoms with Gasteiger partial charge in [0.05, 0.1) is 17.8 Å². The highest BCUT2D eigenvalue weighted by atomic mass is 16.7. The van der Waals surface area contributed by atoms with Crippen LogP contribution in [0.15, 0.2) is 24.3 Å². The van der Waals surface area contributed by atoms with Crippen molar-refractivity contribution in [3.05, 3.63) is 29.8 Å². The van der Waals surface area contributed by atoms with Gasteiger partial charge in [-0.3, -0.25) is 0 Å². The zero-order valence-corrected chi connectivity index (χ0v) is 19.9. The van der Waals surface area contributed by atoms with Gasteiger partial charge in [-0.15, -0.1) is 0 Å². The second-order valence-electron chi connectivity index (χ2n) is 10.8. The third kappa shape index (κ3) is 4.65. The highest BCUT2D eigenvalue weighted by molar-refractivity contribution is 6.62. The Morgan fingerprint density at radius 1 is 1.03 bits per heavy atom. The highest BCUT2D eigenvalue weighted by Crippen LogP contribution is 2.51. The van der Waals surface area contributed by atoms with Crippen molar-refractivity contribution < 1.29 is 18.8 Å². The topological polar surface area (TPSA) is 40.2 Å². The summed E-state index contributed by atoms with van der Waals surface area (Å²) in [5.74, 6) is 8.94. The summed E-state index contributed by atoms with van der Waals surface area (Å²) in [5.41, 5.74) is 1.48. The molecule has 4 aliphatic rings. The van der Waals surface area contributed by atoms with Crippen LogP contribution in [0.1, 0.15) is 52.5 Å². The number of benzene rings is 1. The van der Waals surface area contributed by atoms with Crippen LogP contribution in [0.25, 0.3) is 0 Å². The van der Waals surface area contributed by atoms with Crippen LogP contribution in [0.5, 0.6) is 0 Å². The first-order chi connectivity index (χ1) is 15.3. The maximum atomic E-state index is 6.14. The summed E-state index contributed by atoms with van der Waals surface area (Å²) in [6.07, 6.45) is 3.46. The molecule has 3 saturated heterocycles. The highest BCUT2D eigenvalue weighted by Gasteiger charge is 2.54. The molecule has 1 unspecified atom stereocenters. The Labute approximate surface area is 193 Å². The SMILES string of the molecule is CC1(C)OB(c2ccc(C#C[C@@H]3[C@H]4CN(CCOC5CCCCO5)C[C@@H]34)cc2)OC1(C)C. The maximum Gasteiger partial charge on any atom is 0.494 e. The van der Waals surface area contributed by atoms with Crippen LogP contribution in [-0.2, 0) is 18.8 Å². The molecule has 6 heteroatoms. The molecule has 32 heavy (non-hydrogen) atoms. The molecule has 1 saturated carbocycles. The second kappa shape index (κ2) is 8.78. The van der Waals surface area contributed by atoms with Gasteiger partial charge in [0, 0.05) is 37.7 Å². The van der Waals surface area contributed by atoms with Gasteiger partial charge >= 0.3 is 7.12 Å². The molecular weight excluding hydrogens is 401 g/mol. The fraction of sp³-hybridized carbons (Fsp3) is 0.692. The summed E-state index contributed by atoms with van der Waals surface area (Å²) in [6, 6.07) is 8.33. The molecule has 1 aromatic rings. The number of ether oxygens (including phenoxy) is 2. The van der Waals surface area contributed by atoms with Crippen LogP contribution in [0.2, 0.25) is 0 Å². The lowest BCUT2D eigenvalue weighted by molar-refractivity contribution is -0.164. The van der Waals surface area contributed by atoms with E-state index >= 15 is 0 Å². The second-order valence-corrected chi connectivity index (χ2v) is 10.8. The van der Waals surface area contributed by atoms with Gasteiger partial charge < -0.3 is 23.7 Å². The molecule has 0 bridgehead atoms. The molecule has 0 N–H and O–H groups in total. The standard InChI is InChI=1S/C26H36BNO4/c1-25(2)26(3,4)32-27(31-25)20-11-8-19(9-12-20)10-13-21-22-17-28(18-23(21)22)14-16-30-24-7-5-6-15-29-24/h8-9,11-12,21-24H,5-7,14-18H2,1-4H3/t21-,22-,23+,24?. The van der Waals surface area contributed by atoms with Gasteiger partial charge in [-0.25, -0.2) is 0 Å². The smallest absolute Gasteiger partial charge is 0.399 e. The number of hydrogen-bond donors (Lipinski definition) is 0. The van der Waals surface area contributed by atoms with Gasteiger partial charge in [0.1, 0.15) is 0 Å². The Morgan fingerprint density at radius 3 is 2.34 bits per heavy atom. The Balaban J connectivity index is 1.06. The van der Waals surface area contributed by atoms with E-state index in [2.05, 4.69) is 68.7 Å². The summed E-state index contributed by atoms with van der Waals surface area (Å²) in [5, 5.41) is 0. The molecule has 0 aromatic heterocycles. The molecule has 172 valence electrons. The van der Waals surface area contributed by atoms with Gasteiger partial charge in [-0.2, -0.15) is 0 Å². The fourth-order valence-corrected chi connectivity index (χ4v) is 5.04. The van der Waals surface area contributed by atoms with Gasteiger partial charge in [0.25, 0.3) is 0 Å². The van der Waals surface area contributed by atoms with Crippen molar-refractivity contribution in [1.29, 1.82) is 0 Å². The van der Waals surface area contributed by atoms with Crippen LogP contribution in [0.3, 0.4) is 0 Å². The molecule has 1 aromatic carbocycles. The number of nitrogens with zero attached hydrogens (tertiary/aromatic N) is 1. The summed E-state index contributed by atoms with van der Waals surface area (Å²) < 4.78 is 23.8. The molecule has 3 aliphatic heterocycles. The molecular formula is C26H36BNO4. The number of rotatable bonds is 5. The van der Waals surface area contributed by atoms with E-state index in [1.54, 1.807) is 0 Å². The minimum absolute atomic E-state index is 0.0238. The number of fused-ring (bicyclic) bond motifs is 1. The average Bonchev–Trinajstić information content (AvgIpc) is 3.11. The number of hydrogen-bond acceptors (Lipinski definition) is 5. The normalized spacial score (nSPS) is 32.9. The van der Waals surface area contributed by atoms with Crippen molar-refractivity contribution in [1.82, 2.24) is 4.90 Å². The average molecular weight is 437 g/mol. The molecule has 0 spiro atoms. The zero-order valence-electron chi connectivity index (χ0n) is 19.9. The molecule has 4 atom stereocenters. The molecule has 1 aliphatic carbocycles. The summed E-state index contributed by atoms with van der Waals surface area (Å²) >= 11 is 0. The van der Waals surface area contributed by atoms with E-state index in [9.17, 15) is 0 Å². The van der Waals surface area contributed by atoms with E-state index in [-0.39, 0.29) is 24.6 Å². The lowest BCUT2D eigenvalue weighted by Gasteiger charge is -2.32. The first-order valence-corrected chi connectivity index (χ1v) is 12.3. The Hall–Kier alpha value is -1.36. The van der Waals surface area contributed by atoms with Crippen LogP contribution in [-0.4, -0.2) is 62.4 Å². The molecule has 4 fully saturated rings. The van der Waals surface area contributed by atoms with Crippen molar-refractivity contribution in [3.63, 3.8) is 0 Å². The van der Waals surface area contributed by atoms with Gasteiger partial charge in [-0.1, -0.05) is 24.0 Å². The van der Waals surface area contributed by atoms with Gasteiger partial charge in [0.2, 0.25) is 0 Å². The largest absolute Gasteiger partial charge is 0.494 e. The first kappa shape index (κ1) is 22.4. The maximum absolute atomic E-state index is 6.14. The lowest BCUT2D eigenvalue weighted by Crippen LogP contribution is -2.41. The molecule has 3 heterocycles. The Morgan fingerprint density at radius 2 is 1.72 bits per heavy atom. The number of piperidine rings is 1. The summed E-state index contributed by atoms with van der Waals surface area (Å²) in [6.45, 7) is 13.3. The third-order valence-corrected chi connectivity index (χ3v) is 7.94. The van der Waals surface area contributed by atoms with Crippen LogP contribution in [0.4, 0.5) is 0 Å². The Bertz CT molecular complexity index is 840. The minimum Gasteiger partial charge on any atom is -0.399 e. The van der Waals surface area contributed by atoms with E-state index in [0.29, 0.717) is 5.92 Å². The van der Waals surface area contributed by atoms with Gasteiger partial charge in [-0.05, 0) is 76.4 Å². The van der Waals surface area contributed by atoms with Crippen LogP contribution < -0.4 is 5.46 Å². The molecule has 0 radical (unpaired) electrons. The van der Waals surface area contributed by atoms with E-state index in [1.165, 1.54) is 12.8 Å². The molecule has 5 rings (SSSR count). The fourth-order valence-electron chi connectivity index (χ4n) is 5.04. The predicted octanol–water partition coefficient (Wildman–Crippen LogP) is 3.06. The quantitative estimate of drug-likeness (QED) is 0.523.